The van der Waals surface area contributed by atoms with Crippen LogP contribution in [-0.4, -0.2) is 0 Å². The average Bonchev–Trinajstić information content (AvgIpc) is 2.56. The van der Waals surface area contributed by atoms with Crippen LogP contribution in [0.5, 0.6) is 0 Å². The maximum absolute atomic E-state index is 2.29. The van der Waals surface area contributed by atoms with Crippen molar-refractivity contribution in [1.29, 1.82) is 0 Å². The largest absolute Gasteiger partial charge is 1.00 e. The minimum atomic E-state index is 0. The summed E-state index contributed by atoms with van der Waals surface area (Å²) in [4.78, 5) is 0. The summed E-state index contributed by atoms with van der Waals surface area (Å²) in [7, 11) is 0. The Labute approximate surface area is 162 Å². The fourth-order valence-electron chi connectivity index (χ4n) is 3.07. The maximum Gasteiger partial charge on any atom is 0.168 e. The van der Waals surface area contributed by atoms with Gasteiger partial charge in [0.05, 0.1) is 0 Å². The first-order valence-electron chi connectivity index (χ1n) is 9.87. The molecule has 0 aliphatic carbocycles. The molecule has 0 unspecified atom stereocenters. The fraction of sp³-hybridized carbons (Fsp3) is 0.762. The molecular weight excluding hydrogens is 393 g/mol. The molecule has 0 radical (unpaired) electrons. The summed E-state index contributed by atoms with van der Waals surface area (Å²) < 4.78 is 2.29. The highest BCUT2D eigenvalue weighted by atomic mass is 127. The summed E-state index contributed by atoms with van der Waals surface area (Å²) in [6.07, 6.45) is 24.4. The van der Waals surface area contributed by atoms with Gasteiger partial charge in [0, 0.05) is 18.6 Å². The highest BCUT2D eigenvalue weighted by Crippen LogP contribution is 2.12. The SMILES string of the molecule is CCCCCCCCCCCCCCCC[n+]1ccccc1.[I-]. The number of nitrogens with zero attached hydrogens (tertiary/aromatic N) is 1. The summed E-state index contributed by atoms with van der Waals surface area (Å²) in [5.41, 5.74) is 0. The van der Waals surface area contributed by atoms with Crippen LogP contribution in [0.4, 0.5) is 0 Å². The number of unbranched alkanes of at least 4 members (excludes halogenated alkanes) is 13. The van der Waals surface area contributed by atoms with Crippen molar-refractivity contribution in [2.45, 2.75) is 103 Å². The Morgan fingerprint density at radius 3 is 1.35 bits per heavy atom. The van der Waals surface area contributed by atoms with Gasteiger partial charge in [0.2, 0.25) is 0 Å². The van der Waals surface area contributed by atoms with Crippen molar-refractivity contribution in [2.24, 2.45) is 0 Å². The first-order valence-corrected chi connectivity index (χ1v) is 9.87. The van der Waals surface area contributed by atoms with Crippen LogP contribution in [0.25, 0.3) is 0 Å². The Hall–Kier alpha value is -0.120. The molecule has 1 nitrogen and oxygen atoms in total. The summed E-state index contributed by atoms with van der Waals surface area (Å²) in [6, 6.07) is 6.31. The van der Waals surface area contributed by atoms with Gasteiger partial charge in [-0.3, -0.25) is 0 Å². The van der Waals surface area contributed by atoms with Crippen molar-refractivity contribution >= 4 is 0 Å². The topological polar surface area (TPSA) is 3.88 Å². The van der Waals surface area contributed by atoms with E-state index in [0.29, 0.717) is 0 Å². The van der Waals surface area contributed by atoms with Gasteiger partial charge in [-0.05, 0) is 6.42 Å². The maximum atomic E-state index is 2.29. The lowest BCUT2D eigenvalue weighted by molar-refractivity contribution is -0.697. The van der Waals surface area contributed by atoms with Gasteiger partial charge in [-0.15, -0.1) is 0 Å². The van der Waals surface area contributed by atoms with Crippen LogP contribution in [0.1, 0.15) is 96.8 Å². The van der Waals surface area contributed by atoms with E-state index in [1.54, 1.807) is 0 Å². The molecule has 0 aromatic carbocycles. The van der Waals surface area contributed by atoms with E-state index in [2.05, 4.69) is 42.1 Å². The summed E-state index contributed by atoms with van der Waals surface area (Å²) >= 11 is 0. The zero-order valence-corrected chi connectivity index (χ0v) is 17.5. The zero-order valence-electron chi connectivity index (χ0n) is 15.3. The number of pyridine rings is 1. The van der Waals surface area contributed by atoms with E-state index in [9.17, 15) is 0 Å². The Kier molecular flexibility index (Phi) is 18.1. The molecule has 1 rings (SSSR count). The third-order valence-electron chi connectivity index (χ3n) is 4.55. The minimum Gasteiger partial charge on any atom is -1.00 e. The molecule has 134 valence electrons. The molecule has 0 N–H and O–H groups in total. The second kappa shape index (κ2) is 18.2. The Balaban J connectivity index is 0.00000484. The lowest BCUT2D eigenvalue weighted by Gasteiger charge is -2.02. The number of hydrogen-bond donors (Lipinski definition) is 0. The lowest BCUT2D eigenvalue weighted by atomic mass is 10.0. The van der Waals surface area contributed by atoms with Gasteiger partial charge >= 0.3 is 0 Å². The van der Waals surface area contributed by atoms with Crippen LogP contribution in [0, 0.1) is 0 Å². The first-order chi connectivity index (χ1) is 10.9. The molecule has 0 aliphatic rings. The summed E-state index contributed by atoms with van der Waals surface area (Å²) in [6.45, 7) is 3.47. The Morgan fingerprint density at radius 1 is 0.522 bits per heavy atom. The van der Waals surface area contributed by atoms with Gasteiger partial charge in [-0.1, -0.05) is 90.0 Å². The molecule has 0 amide bonds. The van der Waals surface area contributed by atoms with E-state index in [1.807, 2.05) is 0 Å². The van der Waals surface area contributed by atoms with Gasteiger partial charge in [-0.2, -0.15) is 0 Å². The molecule has 0 saturated carbocycles. The predicted molar refractivity (Wildman–Crippen MR) is 96.9 cm³/mol. The number of hydrogen-bond acceptors (Lipinski definition) is 0. The lowest BCUT2D eigenvalue weighted by Crippen LogP contribution is -3.00. The second-order valence-electron chi connectivity index (χ2n) is 6.71. The standard InChI is InChI=1S/C21H38N.HI/c1-2-3-4-5-6-7-8-9-10-11-12-13-14-16-19-22-20-17-15-18-21-22;/h15,17-18,20-21H,2-14,16,19H2,1H3;1H/q+1;/p-1. The highest BCUT2D eigenvalue weighted by molar-refractivity contribution is 4.83. The van der Waals surface area contributed by atoms with Crippen molar-refractivity contribution in [2.75, 3.05) is 0 Å². The molecule has 23 heavy (non-hydrogen) atoms. The molecule has 0 fully saturated rings. The van der Waals surface area contributed by atoms with Gasteiger partial charge in [-0.25, -0.2) is 4.57 Å². The molecule has 0 aliphatic heterocycles. The number of halogens is 1. The third kappa shape index (κ3) is 15.2. The fourth-order valence-corrected chi connectivity index (χ4v) is 3.07. The molecule has 1 aromatic rings. The molecular formula is C21H38IN. The Morgan fingerprint density at radius 2 is 0.913 bits per heavy atom. The molecule has 1 heterocycles. The number of rotatable bonds is 15. The second-order valence-corrected chi connectivity index (χ2v) is 6.71. The Bertz CT molecular complexity index is 326. The van der Waals surface area contributed by atoms with E-state index in [1.165, 1.54) is 96.4 Å². The normalized spacial score (nSPS) is 10.5. The van der Waals surface area contributed by atoms with Crippen molar-refractivity contribution in [3.8, 4) is 0 Å². The smallest absolute Gasteiger partial charge is 0.168 e. The van der Waals surface area contributed by atoms with Crippen molar-refractivity contribution in [3.05, 3.63) is 30.6 Å². The highest BCUT2D eigenvalue weighted by Gasteiger charge is 1.98. The van der Waals surface area contributed by atoms with Crippen LogP contribution in [0.2, 0.25) is 0 Å². The number of aryl methyl sites for hydroxylation is 1. The van der Waals surface area contributed by atoms with Crippen molar-refractivity contribution < 1.29 is 28.5 Å². The first kappa shape index (κ1) is 22.9. The van der Waals surface area contributed by atoms with Crippen LogP contribution >= 0.6 is 0 Å². The molecule has 0 spiro atoms. The van der Waals surface area contributed by atoms with Crippen LogP contribution < -0.4 is 28.5 Å². The average molecular weight is 431 g/mol. The number of aromatic nitrogens is 1. The van der Waals surface area contributed by atoms with Crippen molar-refractivity contribution in [1.82, 2.24) is 0 Å². The van der Waals surface area contributed by atoms with E-state index >= 15 is 0 Å². The van der Waals surface area contributed by atoms with Gasteiger partial charge in [0.15, 0.2) is 12.4 Å². The van der Waals surface area contributed by atoms with Gasteiger partial charge < -0.3 is 24.0 Å². The molecule has 2 heteroatoms. The molecule has 1 aromatic heterocycles. The van der Waals surface area contributed by atoms with E-state index in [0.717, 1.165) is 0 Å². The predicted octanol–water partition coefficient (Wildman–Crippen LogP) is 3.46. The van der Waals surface area contributed by atoms with Crippen LogP contribution in [0.3, 0.4) is 0 Å². The monoisotopic (exact) mass is 431 g/mol. The molecule has 0 atom stereocenters. The van der Waals surface area contributed by atoms with Crippen LogP contribution in [0.15, 0.2) is 30.6 Å². The zero-order chi connectivity index (χ0) is 15.7. The van der Waals surface area contributed by atoms with Crippen LogP contribution in [-0.2, 0) is 6.54 Å². The van der Waals surface area contributed by atoms with E-state index in [-0.39, 0.29) is 24.0 Å². The summed E-state index contributed by atoms with van der Waals surface area (Å²) in [5.74, 6) is 0. The van der Waals surface area contributed by atoms with Gasteiger partial charge in [0.25, 0.3) is 0 Å². The molecule has 0 bridgehead atoms. The van der Waals surface area contributed by atoms with E-state index in [4.69, 9.17) is 0 Å². The molecule has 0 saturated heterocycles. The summed E-state index contributed by atoms with van der Waals surface area (Å²) in [5, 5.41) is 0. The minimum absolute atomic E-state index is 0. The van der Waals surface area contributed by atoms with Crippen molar-refractivity contribution in [3.63, 3.8) is 0 Å². The quantitative estimate of drug-likeness (QED) is 0.228. The van der Waals surface area contributed by atoms with Gasteiger partial charge in [0.1, 0.15) is 6.54 Å². The van der Waals surface area contributed by atoms with E-state index < -0.39 is 0 Å². The third-order valence-corrected chi connectivity index (χ3v) is 4.55.